The molecule has 6 heteroatoms. The number of hydrogen-bond acceptors (Lipinski definition) is 3. The second-order valence-electron chi connectivity index (χ2n) is 9.53. The van der Waals surface area contributed by atoms with Gasteiger partial charge in [-0.15, -0.1) is 0 Å². The fourth-order valence-corrected chi connectivity index (χ4v) is 6.79. The molecule has 5 atom stereocenters. The van der Waals surface area contributed by atoms with Crippen LogP contribution in [0.1, 0.15) is 61.8 Å². The molecule has 2 fully saturated rings. The molecule has 1 aliphatic carbocycles. The molecular weight excluding hydrogens is 455 g/mol. The van der Waals surface area contributed by atoms with E-state index in [1.165, 1.54) is 5.56 Å². The van der Waals surface area contributed by atoms with E-state index in [9.17, 15) is 4.79 Å². The van der Waals surface area contributed by atoms with Gasteiger partial charge in [-0.1, -0.05) is 48.3 Å². The summed E-state index contributed by atoms with van der Waals surface area (Å²) in [4.78, 5) is 17.5. The number of aromatic nitrogens is 1. The predicted octanol–water partition coefficient (Wildman–Crippen LogP) is 7.15. The number of amides is 1. The van der Waals surface area contributed by atoms with Gasteiger partial charge in [0.2, 0.25) is 11.8 Å². The Morgan fingerprint density at radius 3 is 2.58 bits per heavy atom. The molecule has 1 aliphatic heterocycles. The molecule has 4 nitrogen and oxygen atoms in total. The minimum atomic E-state index is -0.345. The summed E-state index contributed by atoms with van der Waals surface area (Å²) in [5, 5.41) is 4.69. The second kappa shape index (κ2) is 8.48. The molecule has 2 aliphatic rings. The normalized spacial score (nSPS) is 29.1. The van der Waals surface area contributed by atoms with Crippen molar-refractivity contribution < 1.29 is 9.21 Å². The number of fused-ring (bicyclic) bond motifs is 1. The van der Waals surface area contributed by atoms with Crippen LogP contribution in [0.4, 0.5) is 0 Å². The maximum Gasteiger partial charge on any atom is 0.226 e. The SMILES string of the molecule is CC[C@@]12CC[C@@H](c3ccc(-c4ncc(C)o4)cc3Cl)[C@H](c3ccc(Cl)cc3)[C@@H]1[C@@H](C)NC2=O. The van der Waals surface area contributed by atoms with Crippen LogP contribution in [-0.2, 0) is 4.79 Å². The number of carbonyl (C=O) groups excluding carboxylic acids is 1. The van der Waals surface area contributed by atoms with Crippen molar-refractivity contribution in [3.63, 3.8) is 0 Å². The molecule has 0 radical (unpaired) electrons. The summed E-state index contributed by atoms with van der Waals surface area (Å²) in [7, 11) is 0. The van der Waals surface area contributed by atoms with Gasteiger partial charge in [0.15, 0.2) is 0 Å². The summed E-state index contributed by atoms with van der Waals surface area (Å²) in [6.07, 6.45) is 4.30. The van der Waals surface area contributed by atoms with Crippen molar-refractivity contribution >= 4 is 29.1 Å². The average molecular weight is 483 g/mol. The van der Waals surface area contributed by atoms with E-state index in [0.29, 0.717) is 15.9 Å². The Hall–Kier alpha value is -2.30. The molecule has 3 aromatic rings. The van der Waals surface area contributed by atoms with E-state index in [-0.39, 0.29) is 35.1 Å². The molecule has 33 heavy (non-hydrogen) atoms. The number of oxazole rings is 1. The molecule has 172 valence electrons. The number of rotatable bonds is 4. The number of nitrogens with one attached hydrogen (secondary N) is 1. The lowest BCUT2D eigenvalue weighted by atomic mass is 9.54. The lowest BCUT2D eigenvalue weighted by Crippen LogP contribution is -2.43. The molecule has 5 rings (SSSR count). The lowest BCUT2D eigenvalue weighted by molar-refractivity contribution is -0.131. The highest BCUT2D eigenvalue weighted by Gasteiger charge is 2.59. The van der Waals surface area contributed by atoms with Crippen molar-refractivity contribution in [2.24, 2.45) is 11.3 Å². The first-order valence-corrected chi connectivity index (χ1v) is 12.4. The Bertz CT molecular complexity index is 1190. The van der Waals surface area contributed by atoms with Crippen LogP contribution in [0.3, 0.4) is 0 Å². The van der Waals surface area contributed by atoms with Crippen molar-refractivity contribution in [1.82, 2.24) is 10.3 Å². The minimum absolute atomic E-state index is 0.0919. The third-order valence-electron chi connectivity index (χ3n) is 7.86. The molecule has 0 spiro atoms. The van der Waals surface area contributed by atoms with Crippen molar-refractivity contribution in [3.8, 4) is 11.5 Å². The van der Waals surface area contributed by atoms with Gasteiger partial charge < -0.3 is 9.73 Å². The molecular formula is C27H28Cl2N2O2. The van der Waals surface area contributed by atoms with Crippen molar-refractivity contribution in [1.29, 1.82) is 0 Å². The zero-order valence-corrected chi connectivity index (χ0v) is 20.6. The van der Waals surface area contributed by atoms with Crippen molar-refractivity contribution in [3.05, 3.63) is 75.6 Å². The van der Waals surface area contributed by atoms with E-state index >= 15 is 0 Å². The fraction of sp³-hybridized carbons (Fsp3) is 0.407. The van der Waals surface area contributed by atoms with Gasteiger partial charge >= 0.3 is 0 Å². The van der Waals surface area contributed by atoms with Crippen LogP contribution in [0.2, 0.25) is 10.0 Å². The Balaban J connectivity index is 1.60. The molecule has 0 unspecified atom stereocenters. The van der Waals surface area contributed by atoms with Gasteiger partial charge in [0, 0.05) is 27.6 Å². The minimum Gasteiger partial charge on any atom is -0.441 e. The first kappa shape index (κ1) is 22.5. The van der Waals surface area contributed by atoms with Crippen molar-refractivity contribution in [2.45, 2.75) is 57.9 Å². The standard InChI is InChI=1S/C27H28Cl2N2O2/c1-4-27-12-11-21(20-10-7-18(13-22(20)29)25-30-14-15(2)33-25)23(17-5-8-19(28)9-6-17)24(27)16(3)31-26(27)32/h5-10,13-14,16,21,23-24H,4,11-12H2,1-3H3,(H,31,32)/t16-,21+,23+,24+,27-/m1/s1. The first-order chi connectivity index (χ1) is 15.8. The van der Waals surface area contributed by atoms with Crippen LogP contribution in [0.5, 0.6) is 0 Å². The van der Waals surface area contributed by atoms with Gasteiger partial charge in [0.05, 0.1) is 11.6 Å². The summed E-state index contributed by atoms with van der Waals surface area (Å²) in [6.45, 7) is 6.16. The molecule has 2 heterocycles. The summed E-state index contributed by atoms with van der Waals surface area (Å²) >= 11 is 13.1. The summed E-state index contributed by atoms with van der Waals surface area (Å²) in [5.41, 5.74) is 2.84. The molecule has 1 amide bonds. The van der Waals surface area contributed by atoms with Gasteiger partial charge in [0.1, 0.15) is 5.76 Å². The summed E-state index contributed by atoms with van der Waals surface area (Å²) < 4.78 is 5.69. The lowest BCUT2D eigenvalue weighted by Gasteiger charge is -2.47. The third-order valence-corrected chi connectivity index (χ3v) is 8.44. The predicted molar refractivity (Wildman–Crippen MR) is 132 cm³/mol. The Morgan fingerprint density at radius 2 is 1.94 bits per heavy atom. The van der Waals surface area contributed by atoms with E-state index in [1.807, 2.05) is 31.2 Å². The van der Waals surface area contributed by atoms with E-state index in [1.54, 1.807) is 6.20 Å². The molecule has 0 bridgehead atoms. The van der Waals surface area contributed by atoms with Crippen LogP contribution >= 0.6 is 23.2 Å². The number of carbonyl (C=O) groups is 1. The number of hydrogen-bond donors (Lipinski definition) is 1. The molecule has 1 N–H and O–H groups in total. The molecule has 1 saturated heterocycles. The fourth-order valence-electron chi connectivity index (χ4n) is 6.34. The van der Waals surface area contributed by atoms with Gasteiger partial charge in [-0.2, -0.15) is 0 Å². The third kappa shape index (κ3) is 3.68. The van der Waals surface area contributed by atoms with Crippen LogP contribution in [0, 0.1) is 18.3 Å². The number of benzene rings is 2. The highest BCUT2D eigenvalue weighted by atomic mass is 35.5. The molecule has 1 saturated carbocycles. The maximum absolute atomic E-state index is 13.1. The second-order valence-corrected chi connectivity index (χ2v) is 10.4. The van der Waals surface area contributed by atoms with Gasteiger partial charge in [0.25, 0.3) is 0 Å². The smallest absolute Gasteiger partial charge is 0.226 e. The zero-order valence-electron chi connectivity index (χ0n) is 19.1. The van der Waals surface area contributed by atoms with Gasteiger partial charge in [-0.3, -0.25) is 4.79 Å². The number of nitrogens with zero attached hydrogens (tertiary/aromatic N) is 1. The van der Waals surface area contributed by atoms with Gasteiger partial charge in [-0.25, -0.2) is 4.98 Å². The van der Waals surface area contributed by atoms with Crippen LogP contribution in [0.25, 0.3) is 11.5 Å². The maximum atomic E-state index is 13.1. The Morgan fingerprint density at radius 1 is 1.18 bits per heavy atom. The van der Waals surface area contributed by atoms with E-state index < -0.39 is 0 Å². The average Bonchev–Trinajstić information content (AvgIpc) is 3.35. The van der Waals surface area contributed by atoms with Gasteiger partial charge in [-0.05, 0) is 80.3 Å². The van der Waals surface area contributed by atoms with Crippen LogP contribution in [-0.4, -0.2) is 16.9 Å². The number of aryl methyl sites for hydroxylation is 1. The zero-order chi connectivity index (χ0) is 23.3. The quantitative estimate of drug-likeness (QED) is 0.429. The highest BCUT2D eigenvalue weighted by Crippen LogP contribution is 2.60. The largest absolute Gasteiger partial charge is 0.441 e. The van der Waals surface area contributed by atoms with E-state index in [4.69, 9.17) is 27.6 Å². The molecule has 1 aromatic heterocycles. The first-order valence-electron chi connectivity index (χ1n) is 11.6. The van der Waals surface area contributed by atoms with E-state index in [2.05, 4.69) is 42.3 Å². The Labute approximate surface area is 204 Å². The topological polar surface area (TPSA) is 55.1 Å². The molecule has 2 aromatic carbocycles. The highest BCUT2D eigenvalue weighted by molar-refractivity contribution is 6.31. The summed E-state index contributed by atoms with van der Waals surface area (Å²) in [5.74, 6) is 2.06. The Kier molecular flexibility index (Phi) is 5.78. The monoisotopic (exact) mass is 482 g/mol. The van der Waals surface area contributed by atoms with Crippen molar-refractivity contribution in [2.75, 3.05) is 0 Å². The van der Waals surface area contributed by atoms with Crippen LogP contribution < -0.4 is 5.32 Å². The summed E-state index contributed by atoms with van der Waals surface area (Å²) in [6, 6.07) is 14.3. The van der Waals surface area contributed by atoms with E-state index in [0.717, 1.165) is 36.1 Å². The van der Waals surface area contributed by atoms with Crippen LogP contribution in [0.15, 0.2) is 53.1 Å². The number of halogens is 2.